The minimum Gasteiger partial charge on any atom is -0.497 e. The molecule has 0 radical (unpaired) electrons. The van der Waals surface area contributed by atoms with Crippen LogP contribution in [0.4, 0.5) is 0 Å². The molecule has 2 aromatic carbocycles. The lowest BCUT2D eigenvalue weighted by Crippen LogP contribution is -1.96. The zero-order valence-corrected chi connectivity index (χ0v) is 12.4. The van der Waals surface area contributed by atoms with Gasteiger partial charge in [-0.2, -0.15) is 0 Å². The number of methoxy groups -OCH3 is 1. The van der Waals surface area contributed by atoms with E-state index in [1.165, 1.54) is 18.4 Å². The fraction of sp³-hybridized carbons (Fsp3) is 0.294. The molecule has 21 heavy (non-hydrogen) atoms. The van der Waals surface area contributed by atoms with E-state index in [2.05, 4.69) is 35.4 Å². The first-order valence-electron chi connectivity index (χ1n) is 7.31. The highest BCUT2D eigenvalue weighted by Gasteiger charge is 2.10. The van der Waals surface area contributed by atoms with E-state index in [1.54, 1.807) is 7.11 Å². The largest absolute Gasteiger partial charge is 0.497 e. The molecule has 4 heteroatoms. The smallest absolute Gasteiger partial charge is 0.119 e. The average Bonchev–Trinajstić information content (AvgIpc) is 2.97. The quantitative estimate of drug-likeness (QED) is 0.714. The summed E-state index contributed by atoms with van der Waals surface area (Å²) in [6.07, 6.45) is 3.41. The van der Waals surface area contributed by atoms with Crippen LogP contribution < -0.4 is 4.74 Å². The van der Waals surface area contributed by atoms with Crippen molar-refractivity contribution in [3.05, 3.63) is 48.0 Å². The van der Waals surface area contributed by atoms with Crippen LogP contribution in [0.5, 0.6) is 5.75 Å². The van der Waals surface area contributed by atoms with Crippen molar-refractivity contribution in [3.63, 3.8) is 0 Å². The second kappa shape index (κ2) is 5.95. The maximum absolute atomic E-state index is 5.19. The van der Waals surface area contributed by atoms with Crippen LogP contribution in [-0.2, 0) is 6.42 Å². The van der Waals surface area contributed by atoms with Crippen LogP contribution in [0.15, 0.2) is 42.5 Å². The summed E-state index contributed by atoms with van der Waals surface area (Å²) in [5.74, 6) is 0.840. The Kier molecular flexibility index (Phi) is 3.86. The average molecular weight is 281 g/mol. The number of nitrogens with zero attached hydrogens (tertiary/aromatic N) is 3. The zero-order valence-electron chi connectivity index (χ0n) is 12.4. The second-order valence-electron chi connectivity index (χ2n) is 5.09. The predicted octanol–water partition coefficient (Wildman–Crippen LogP) is 3.77. The van der Waals surface area contributed by atoms with Gasteiger partial charge in [-0.15, -0.1) is 5.10 Å². The molecule has 0 saturated heterocycles. The van der Waals surface area contributed by atoms with Gasteiger partial charge >= 0.3 is 0 Å². The second-order valence-corrected chi connectivity index (χ2v) is 5.09. The topological polar surface area (TPSA) is 39.9 Å². The first-order chi connectivity index (χ1) is 10.3. The zero-order chi connectivity index (χ0) is 14.7. The normalized spacial score (nSPS) is 11.0. The first-order valence-corrected chi connectivity index (χ1v) is 7.31. The lowest BCUT2D eigenvalue weighted by molar-refractivity contribution is 0.414. The molecule has 0 unspecified atom stereocenters. The van der Waals surface area contributed by atoms with Gasteiger partial charge in [0.2, 0.25) is 0 Å². The highest BCUT2D eigenvalue weighted by atomic mass is 16.5. The summed E-state index contributed by atoms with van der Waals surface area (Å²) in [6, 6.07) is 14.1. The van der Waals surface area contributed by atoms with Crippen LogP contribution in [0.3, 0.4) is 0 Å². The Morgan fingerprint density at radius 3 is 2.62 bits per heavy atom. The summed E-state index contributed by atoms with van der Waals surface area (Å²) in [5.41, 5.74) is 4.32. The minimum absolute atomic E-state index is 0.840. The lowest BCUT2D eigenvalue weighted by Gasteiger charge is -2.05. The molecular formula is C17H19N3O. The van der Waals surface area contributed by atoms with Gasteiger partial charge in [-0.05, 0) is 48.7 Å². The highest BCUT2D eigenvalue weighted by molar-refractivity contribution is 5.79. The number of rotatable bonds is 5. The van der Waals surface area contributed by atoms with Gasteiger partial charge in [-0.1, -0.05) is 30.7 Å². The van der Waals surface area contributed by atoms with E-state index < -0.39 is 0 Å². The lowest BCUT2D eigenvalue weighted by atomic mass is 10.1. The molecule has 108 valence electrons. The van der Waals surface area contributed by atoms with Gasteiger partial charge in [0.1, 0.15) is 11.3 Å². The van der Waals surface area contributed by atoms with Crippen molar-refractivity contribution in [3.8, 4) is 11.4 Å². The van der Waals surface area contributed by atoms with Gasteiger partial charge < -0.3 is 4.74 Å². The van der Waals surface area contributed by atoms with Gasteiger partial charge in [-0.25, -0.2) is 4.68 Å². The third-order valence-electron chi connectivity index (χ3n) is 3.68. The molecule has 0 spiro atoms. The number of hydrogen-bond acceptors (Lipinski definition) is 3. The molecule has 0 fully saturated rings. The summed E-state index contributed by atoms with van der Waals surface area (Å²) >= 11 is 0. The molecule has 4 nitrogen and oxygen atoms in total. The molecule has 0 aliphatic heterocycles. The van der Waals surface area contributed by atoms with Crippen LogP contribution in [0, 0.1) is 0 Å². The number of fused-ring (bicyclic) bond motifs is 1. The van der Waals surface area contributed by atoms with Gasteiger partial charge in [-0.3, -0.25) is 0 Å². The van der Waals surface area contributed by atoms with Gasteiger partial charge in [0.05, 0.1) is 18.3 Å². The van der Waals surface area contributed by atoms with Crippen molar-refractivity contribution in [1.29, 1.82) is 0 Å². The number of hydrogen-bond donors (Lipinski definition) is 0. The highest BCUT2D eigenvalue weighted by Crippen LogP contribution is 2.22. The van der Waals surface area contributed by atoms with Crippen LogP contribution in [0.1, 0.15) is 25.3 Å². The third kappa shape index (κ3) is 2.61. The van der Waals surface area contributed by atoms with E-state index in [4.69, 9.17) is 4.74 Å². The van der Waals surface area contributed by atoms with Crippen molar-refractivity contribution in [2.24, 2.45) is 0 Å². The number of aryl methyl sites for hydroxylation is 1. The number of aromatic nitrogens is 3. The Balaban J connectivity index is 2.03. The van der Waals surface area contributed by atoms with E-state index >= 15 is 0 Å². The number of benzene rings is 2. The fourth-order valence-electron chi connectivity index (χ4n) is 2.48. The van der Waals surface area contributed by atoms with Crippen LogP contribution in [0.2, 0.25) is 0 Å². The summed E-state index contributed by atoms with van der Waals surface area (Å²) in [5, 5.41) is 8.69. The van der Waals surface area contributed by atoms with Gasteiger partial charge in [0.25, 0.3) is 0 Å². The van der Waals surface area contributed by atoms with E-state index in [1.807, 2.05) is 28.9 Å². The standard InChI is InChI=1S/C17H19N3O/c1-3-4-6-13-7-5-8-16-17(13)18-19-20(16)14-9-11-15(21-2)12-10-14/h5,7-12H,3-4,6H2,1-2H3. The van der Waals surface area contributed by atoms with Crippen molar-refractivity contribution in [1.82, 2.24) is 15.0 Å². The maximum Gasteiger partial charge on any atom is 0.119 e. The van der Waals surface area contributed by atoms with E-state index in [0.717, 1.165) is 28.9 Å². The molecule has 1 heterocycles. The maximum atomic E-state index is 5.19. The number of unbranched alkanes of at least 4 members (excludes halogenated alkanes) is 1. The van der Waals surface area contributed by atoms with Crippen molar-refractivity contribution in [2.45, 2.75) is 26.2 Å². The van der Waals surface area contributed by atoms with E-state index in [9.17, 15) is 0 Å². The van der Waals surface area contributed by atoms with Crippen molar-refractivity contribution in [2.75, 3.05) is 7.11 Å². The molecular weight excluding hydrogens is 262 g/mol. The Morgan fingerprint density at radius 1 is 1.10 bits per heavy atom. The molecule has 1 aromatic heterocycles. The minimum atomic E-state index is 0.840. The molecule has 0 bridgehead atoms. The molecule has 0 amide bonds. The SMILES string of the molecule is CCCCc1cccc2c1nnn2-c1ccc(OC)cc1. The Labute approximate surface area is 124 Å². The fourth-order valence-corrected chi connectivity index (χ4v) is 2.48. The Bertz CT molecular complexity index is 731. The van der Waals surface area contributed by atoms with Crippen molar-refractivity contribution >= 4 is 11.0 Å². The van der Waals surface area contributed by atoms with Gasteiger partial charge in [0, 0.05) is 0 Å². The van der Waals surface area contributed by atoms with E-state index in [-0.39, 0.29) is 0 Å². The van der Waals surface area contributed by atoms with Crippen LogP contribution in [0.25, 0.3) is 16.7 Å². The first kappa shape index (κ1) is 13.6. The molecule has 0 aliphatic carbocycles. The summed E-state index contributed by atoms with van der Waals surface area (Å²) in [6.45, 7) is 2.20. The monoisotopic (exact) mass is 281 g/mol. The molecule has 0 atom stereocenters. The molecule has 3 aromatic rings. The van der Waals surface area contributed by atoms with Gasteiger partial charge in [0.15, 0.2) is 0 Å². The summed E-state index contributed by atoms with van der Waals surface area (Å²) < 4.78 is 7.07. The number of ether oxygens (including phenoxy) is 1. The molecule has 0 saturated carbocycles. The van der Waals surface area contributed by atoms with Crippen molar-refractivity contribution < 1.29 is 4.74 Å². The van der Waals surface area contributed by atoms with Crippen LogP contribution in [-0.4, -0.2) is 22.1 Å². The predicted molar refractivity (Wildman–Crippen MR) is 84.0 cm³/mol. The van der Waals surface area contributed by atoms with E-state index in [0.29, 0.717) is 0 Å². The Hall–Kier alpha value is -2.36. The summed E-state index contributed by atoms with van der Waals surface area (Å²) in [7, 11) is 1.67. The molecule has 0 aliphatic rings. The Morgan fingerprint density at radius 2 is 1.90 bits per heavy atom. The molecule has 3 rings (SSSR count). The third-order valence-corrected chi connectivity index (χ3v) is 3.68. The molecule has 0 N–H and O–H groups in total. The van der Waals surface area contributed by atoms with Crippen LogP contribution >= 0.6 is 0 Å². The summed E-state index contributed by atoms with van der Waals surface area (Å²) in [4.78, 5) is 0.